The number of rotatable bonds is 4. The van der Waals surface area contributed by atoms with Crippen LogP contribution in [0.2, 0.25) is 0 Å². The molecule has 6 nitrogen and oxygen atoms in total. The molecule has 0 fully saturated rings. The average Bonchev–Trinajstić information content (AvgIpc) is 2.17. The van der Waals surface area contributed by atoms with E-state index in [0.29, 0.717) is 12.2 Å². The van der Waals surface area contributed by atoms with Gasteiger partial charge in [0.05, 0.1) is 17.5 Å². The molecule has 8 heteroatoms. The number of nitrogens with zero attached hydrogens (tertiary/aromatic N) is 2. The molecule has 16 heavy (non-hydrogen) atoms. The van der Waals surface area contributed by atoms with E-state index in [9.17, 15) is 5.11 Å². The lowest BCUT2D eigenvalue weighted by Gasteiger charge is -2.10. The van der Waals surface area contributed by atoms with Crippen molar-refractivity contribution in [2.24, 2.45) is 5.84 Å². The Morgan fingerprint density at radius 1 is 1.44 bits per heavy atom. The largest absolute Gasteiger partial charge is 0.393 e. The van der Waals surface area contributed by atoms with Crippen molar-refractivity contribution in [3.8, 4) is 0 Å². The number of aliphatic hydroxyl groups excluding tert-OH is 1. The number of halogens is 2. The van der Waals surface area contributed by atoms with E-state index < -0.39 is 6.10 Å². The van der Waals surface area contributed by atoms with Gasteiger partial charge < -0.3 is 15.8 Å². The fourth-order valence-corrected chi connectivity index (χ4v) is 1.13. The third-order valence-electron chi connectivity index (χ3n) is 1.78. The first-order chi connectivity index (χ1) is 6.67. The molecule has 0 amide bonds. The number of nitrogen functional groups attached to an aromatic ring is 1. The number of hydrogen-bond donors (Lipinski definition) is 4. The maximum atomic E-state index is 9.22. The van der Waals surface area contributed by atoms with E-state index in [0.717, 1.165) is 11.4 Å². The molecular weight excluding hydrogens is 253 g/mol. The summed E-state index contributed by atoms with van der Waals surface area (Å²) in [6.07, 6.45) is 0.0293. The van der Waals surface area contributed by atoms with Gasteiger partial charge in [0, 0.05) is 19.5 Å². The Hall–Kier alpha value is -0.820. The normalized spacial score (nSPS) is 10.8. The maximum Gasteiger partial charge on any atom is 0.164 e. The van der Waals surface area contributed by atoms with Crippen LogP contribution in [-0.4, -0.2) is 28.5 Å². The third-order valence-corrected chi connectivity index (χ3v) is 1.78. The van der Waals surface area contributed by atoms with Crippen LogP contribution in [-0.2, 0) is 6.42 Å². The number of aromatic nitrogens is 2. The molecule has 0 bridgehead atoms. The van der Waals surface area contributed by atoms with Crippen LogP contribution in [0.1, 0.15) is 12.6 Å². The van der Waals surface area contributed by atoms with Crippen molar-refractivity contribution in [1.29, 1.82) is 0 Å². The van der Waals surface area contributed by atoms with E-state index in [4.69, 9.17) is 5.84 Å². The lowest BCUT2D eigenvalue weighted by molar-refractivity contribution is 0.194. The van der Waals surface area contributed by atoms with Gasteiger partial charge in [0.2, 0.25) is 0 Å². The van der Waals surface area contributed by atoms with E-state index in [1.807, 2.05) is 0 Å². The van der Waals surface area contributed by atoms with Crippen LogP contribution in [0.3, 0.4) is 0 Å². The molecule has 1 unspecified atom stereocenters. The van der Waals surface area contributed by atoms with Crippen LogP contribution >= 0.6 is 24.8 Å². The van der Waals surface area contributed by atoms with Crippen LogP contribution in [0.4, 0.5) is 11.5 Å². The summed E-state index contributed by atoms with van der Waals surface area (Å²) in [7, 11) is 1.78. The smallest absolute Gasteiger partial charge is 0.164 e. The Morgan fingerprint density at radius 3 is 2.50 bits per heavy atom. The summed E-state index contributed by atoms with van der Waals surface area (Å²) in [5.74, 6) is 5.68. The molecule has 5 N–H and O–H groups in total. The summed E-state index contributed by atoms with van der Waals surface area (Å²) < 4.78 is 0. The van der Waals surface area contributed by atoms with E-state index in [1.165, 1.54) is 0 Å². The highest BCUT2D eigenvalue weighted by molar-refractivity contribution is 5.85. The molecule has 1 rings (SSSR count). The number of aliphatic hydroxyl groups is 1. The van der Waals surface area contributed by atoms with E-state index in [-0.39, 0.29) is 24.8 Å². The van der Waals surface area contributed by atoms with E-state index in [2.05, 4.69) is 20.9 Å². The van der Waals surface area contributed by atoms with Crippen molar-refractivity contribution in [3.63, 3.8) is 0 Å². The first-order valence-electron chi connectivity index (χ1n) is 4.36. The fourth-order valence-electron chi connectivity index (χ4n) is 1.13. The molecule has 0 radical (unpaired) electrons. The molecular formula is C8H17Cl2N5O. The van der Waals surface area contributed by atoms with Crippen LogP contribution in [0.5, 0.6) is 0 Å². The van der Waals surface area contributed by atoms with Gasteiger partial charge >= 0.3 is 0 Å². The minimum Gasteiger partial charge on any atom is -0.393 e. The maximum absolute atomic E-state index is 9.22. The third kappa shape index (κ3) is 4.80. The highest BCUT2D eigenvalue weighted by Crippen LogP contribution is 2.16. The topological polar surface area (TPSA) is 96.1 Å². The Balaban J connectivity index is 0. The Morgan fingerprint density at radius 2 is 2.06 bits per heavy atom. The highest BCUT2D eigenvalue weighted by Gasteiger charge is 2.08. The SMILES string of the molecule is CNc1cc(NN)nnc1CC(C)O.Cl.Cl. The highest BCUT2D eigenvalue weighted by atomic mass is 35.5. The lowest BCUT2D eigenvalue weighted by Crippen LogP contribution is -2.13. The van der Waals surface area contributed by atoms with Crippen molar-refractivity contribution in [1.82, 2.24) is 10.2 Å². The van der Waals surface area contributed by atoms with Crippen molar-refractivity contribution in [2.45, 2.75) is 19.4 Å². The number of nitrogens with two attached hydrogens (primary N) is 1. The van der Waals surface area contributed by atoms with E-state index in [1.54, 1.807) is 20.0 Å². The van der Waals surface area contributed by atoms with Gasteiger partial charge in [0.1, 0.15) is 0 Å². The van der Waals surface area contributed by atoms with Gasteiger partial charge in [-0.1, -0.05) is 0 Å². The van der Waals surface area contributed by atoms with Crippen molar-refractivity contribution in [3.05, 3.63) is 11.8 Å². The van der Waals surface area contributed by atoms with Crippen LogP contribution in [0.15, 0.2) is 6.07 Å². The van der Waals surface area contributed by atoms with Gasteiger partial charge in [-0.25, -0.2) is 5.84 Å². The summed E-state index contributed by atoms with van der Waals surface area (Å²) in [6, 6.07) is 1.74. The number of anilines is 2. The monoisotopic (exact) mass is 269 g/mol. The summed E-state index contributed by atoms with van der Waals surface area (Å²) in [5, 5.41) is 19.9. The minimum atomic E-state index is -0.437. The van der Waals surface area contributed by atoms with Gasteiger partial charge in [-0.3, -0.25) is 0 Å². The van der Waals surface area contributed by atoms with Gasteiger partial charge in [-0.15, -0.1) is 29.9 Å². The number of nitrogens with one attached hydrogen (secondary N) is 2. The van der Waals surface area contributed by atoms with Gasteiger partial charge in [0.25, 0.3) is 0 Å². The lowest BCUT2D eigenvalue weighted by atomic mass is 10.2. The first-order valence-corrected chi connectivity index (χ1v) is 4.36. The Kier molecular flexibility index (Phi) is 9.17. The molecule has 0 aromatic carbocycles. The molecule has 1 atom stereocenters. The summed E-state index contributed by atoms with van der Waals surface area (Å²) in [6.45, 7) is 1.70. The van der Waals surface area contributed by atoms with Gasteiger partial charge in [-0.2, -0.15) is 5.10 Å². The van der Waals surface area contributed by atoms with Crippen molar-refractivity contribution >= 4 is 36.3 Å². The van der Waals surface area contributed by atoms with Gasteiger partial charge in [0.15, 0.2) is 5.82 Å². The predicted octanol–water partition coefficient (Wildman–Crippen LogP) is 0.571. The van der Waals surface area contributed by atoms with Crippen LogP contribution < -0.4 is 16.6 Å². The molecule has 0 saturated carbocycles. The van der Waals surface area contributed by atoms with Gasteiger partial charge in [-0.05, 0) is 6.92 Å². The van der Waals surface area contributed by atoms with Crippen molar-refractivity contribution in [2.75, 3.05) is 17.8 Å². The molecule has 0 aliphatic rings. The molecule has 1 heterocycles. The second kappa shape index (κ2) is 8.35. The van der Waals surface area contributed by atoms with Crippen LogP contribution in [0.25, 0.3) is 0 Å². The zero-order valence-corrected chi connectivity index (χ0v) is 10.7. The molecule has 94 valence electrons. The first kappa shape index (κ1) is 17.6. The zero-order chi connectivity index (χ0) is 10.6. The van der Waals surface area contributed by atoms with E-state index >= 15 is 0 Å². The molecule has 1 aromatic rings. The molecule has 1 aromatic heterocycles. The van der Waals surface area contributed by atoms with Crippen molar-refractivity contribution < 1.29 is 5.11 Å². The average molecular weight is 270 g/mol. The van der Waals surface area contributed by atoms with Crippen LogP contribution in [0, 0.1) is 0 Å². The number of hydrogen-bond acceptors (Lipinski definition) is 6. The minimum absolute atomic E-state index is 0. The molecule has 0 aliphatic carbocycles. The Labute approximate surface area is 107 Å². The second-order valence-corrected chi connectivity index (χ2v) is 3.04. The summed E-state index contributed by atoms with van der Waals surface area (Å²) >= 11 is 0. The fraction of sp³-hybridized carbons (Fsp3) is 0.500. The predicted molar refractivity (Wildman–Crippen MR) is 69.3 cm³/mol. The Bertz CT molecular complexity index is 310. The standard InChI is InChI=1S/C8H15N5O.2ClH/c1-5(14)3-7-6(10-2)4-8(11-9)13-12-7;;/h4-5,14H,3,9H2,1-2H3,(H2,10,11,13);2*1H. The quantitative estimate of drug-likeness (QED) is 0.472. The summed E-state index contributed by atoms with van der Waals surface area (Å²) in [4.78, 5) is 0. The second-order valence-electron chi connectivity index (χ2n) is 3.04. The zero-order valence-electron chi connectivity index (χ0n) is 9.10. The molecule has 0 spiro atoms. The number of hydrazine groups is 1. The molecule has 0 saturated heterocycles. The summed E-state index contributed by atoms with van der Waals surface area (Å²) in [5.41, 5.74) is 3.94. The molecule has 0 aliphatic heterocycles.